The topological polar surface area (TPSA) is 183 Å². The van der Waals surface area contributed by atoms with E-state index in [-0.39, 0.29) is 11.8 Å². The highest BCUT2D eigenvalue weighted by atomic mass is 16.2. The average molecular weight is 417 g/mol. The summed E-state index contributed by atoms with van der Waals surface area (Å²) in [6.45, 7) is 2.32. The van der Waals surface area contributed by atoms with Crippen molar-refractivity contribution in [2.75, 3.05) is 19.6 Å². The molecule has 0 saturated heterocycles. The van der Waals surface area contributed by atoms with Crippen LogP contribution in [0, 0.1) is 0 Å². The first-order valence-electron chi connectivity index (χ1n) is 11.1. The van der Waals surface area contributed by atoms with Crippen molar-refractivity contribution in [3.8, 4) is 0 Å². The highest BCUT2D eigenvalue weighted by molar-refractivity contribution is 5.86. The number of rotatable bonds is 19. The zero-order chi connectivity index (χ0) is 21.9. The minimum atomic E-state index is -0.581. The molecule has 0 heterocycles. The second-order valence-corrected chi connectivity index (χ2v) is 7.64. The number of quaternary nitrogens is 2. The zero-order valence-corrected chi connectivity index (χ0v) is 18.1. The number of nitrogens with two attached hydrogens (primary N) is 2. The second kappa shape index (κ2) is 18.3. The number of hydrogen-bond donors (Lipinski definition) is 6. The molecule has 2 atom stereocenters. The molecule has 3 amide bonds. The van der Waals surface area contributed by atoms with Gasteiger partial charge in [0.25, 0.3) is 0 Å². The normalized spacial score (nSPS) is 12.9. The largest absolute Gasteiger partial charge is 0.368 e. The van der Waals surface area contributed by atoms with Crippen molar-refractivity contribution in [1.29, 1.82) is 0 Å². The van der Waals surface area contributed by atoms with Crippen LogP contribution in [0.2, 0.25) is 0 Å². The van der Waals surface area contributed by atoms with Gasteiger partial charge < -0.3 is 33.6 Å². The van der Waals surface area contributed by atoms with Crippen LogP contribution >= 0.6 is 0 Å². The Kier molecular flexibility index (Phi) is 17.2. The maximum absolute atomic E-state index is 12.0. The quantitative estimate of drug-likeness (QED) is 0.141. The van der Waals surface area contributed by atoms with E-state index in [9.17, 15) is 14.4 Å². The lowest BCUT2D eigenvalue weighted by atomic mass is 10.1. The molecule has 170 valence electrons. The van der Waals surface area contributed by atoms with Gasteiger partial charge in [0.1, 0.15) is 6.04 Å². The van der Waals surface area contributed by atoms with Crippen molar-refractivity contribution >= 4 is 17.7 Å². The molecule has 0 rings (SSSR count). The average Bonchev–Trinajstić information content (AvgIpc) is 2.69. The van der Waals surface area contributed by atoms with Crippen LogP contribution in [-0.4, -0.2) is 49.4 Å². The van der Waals surface area contributed by atoms with Crippen LogP contribution in [0.15, 0.2) is 0 Å². The summed E-state index contributed by atoms with van der Waals surface area (Å²) in [4.78, 5) is 35.2. The van der Waals surface area contributed by atoms with Gasteiger partial charge in [-0.2, -0.15) is 0 Å². The van der Waals surface area contributed by atoms with Crippen molar-refractivity contribution in [2.45, 2.75) is 89.1 Å². The third kappa shape index (κ3) is 15.8. The van der Waals surface area contributed by atoms with Gasteiger partial charge in [-0.25, -0.2) is 0 Å². The SMILES string of the molecule is NC(=O)C(CCCC[NH3+])NC(=O)CCCCCCCNC(=O)C(N)CCCC[NH3+]. The number of unbranched alkanes of at least 4 members (excludes halogenated alkanes) is 6. The molecule has 0 aromatic rings. The third-order valence-corrected chi connectivity index (χ3v) is 4.90. The summed E-state index contributed by atoms with van der Waals surface area (Å²) in [5, 5.41) is 5.61. The van der Waals surface area contributed by atoms with Gasteiger partial charge in [0.15, 0.2) is 0 Å². The standard InChI is InChI=1S/C20H42N6O3/c21-13-7-5-10-16(23)20(29)25-15-9-3-1-2-4-12-18(27)26-17(19(24)28)11-6-8-14-22/h16-17H,1-15,21-23H2,(H2,24,28)(H,25,29)(H,26,27)/p+2. The van der Waals surface area contributed by atoms with Crippen LogP contribution in [0.4, 0.5) is 0 Å². The lowest BCUT2D eigenvalue weighted by molar-refractivity contribution is -0.368. The van der Waals surface area contributed by atoms with Gasteiger partial charge in [-0.05, 0) is 51.4 Å². The second-order valence-electron chi connectivity index (χ2n) is 7.64. The first-order chi connectivity index (χ1) is 13.9. The minimum Gasteiger partial charge on any atom is -0.368 e. The smallest absolute Gasteiger partial charge is 0.239 e. The Morgan fingerprint density at radius 2 is 1.38 bits per heavy atom. The first kappa shape index (κ1) is 27.3. The van der Waals surface area contributed by atoms with Gasteiger partial charge >= 0.3 is 0 Å². The molecule has 9 heteroatoms. The van der Waals surface area contributed by atoms with E-state index in [4.69, 9.17) is 11.5 Å². The molecule has 0 aliphatic heterocycles. The molecule has 0 bridgehead atoms. The predicted octanol–water partition coefficient (Wildman–Crippen LogP) is -1.43. The van der Waals surface area contributed by atoms with Gasteiger partial charge in [0.05, 0.1) is 19.1 Å². The van der Waals surface area contributed by atoms with E-state index >= 15 is 0 Å². The molecule has 29 heavy (non-hydrogen) atoms. The molecule has 2 unspecified atom stereocenters. The maximum atomic E-state index is 12.0. The predicted molar refractivity (Wildman–Crippen MR) is 113 cm³/mol. The van der Waals surface area contributed by atoms with Gasteiger partial charge in [-0.15, -0.1) is 0 Å². The molecule has 0 fully saturated rings. The van der Waals surface area contributed by atoms with Crippen LogP contribution in [0.3, 0.4) is 0 Å². The van der Waals surface area contributed by atoms with Gasteiger partial charge in [0.2, 0.25) is 17.7 Å². The number of carbonyl (C=O) groups excluding carboxylic acids is 3. The van der Waals surface area contributed by atoms with Crippen LogP contribution in [0.25, 0.3) is 0 Å². The summed E-state index contributed by atoms with van der Waals surface area (Å²) in [6, 6.07) is -1.01. The Bertz CT molecular complexity index is 461. The van der Waals surface area contributed by atoms with E-state index in [1.165, 1.54) is 0 Å². The van der Waals surface area contributed by atoms with Crippen LogP contribution in [-0.2, 0) is 14.4 Å². The summed E-state index contributed by atoms with van der Waals surface area (Å²) in [5.41, 5.74) is 18.7. The number of primary amides is 1. The Labute approximate surface area is 175 Å². The summed E-state index contributed by atoms with van der Waals surface area (Å²) in [7, 11) is 0. The molecule has 9 nitrogen and oxygen atoms in total. The Morgan fingerprint density at radius 3 is 2.00 bits per heavy atom. The molecule has 0 radical (unpaired) electrons. The fourth-order valence-electron chi connectivity index (χ4n) is 3.03. The van der Waals surface area contributed by atoms with Crippen LogP contribution < -0.4 is 33.6 Å². The summed E-state index contributed by atoms with van der Waals surface area (Å²) in [5.74, 6) is -0.681. The summed E-state index contributed by atoms with van der Waals surface area (Å²) < 4.78 is 0. The van der Waals surface area contributed by atoms with Crippen LogP contribution in [0.5, 0.6) is 0 Å². The van der Waals surface area contributed by atoms with Gasteiger partial charge in [-0.3, -0.25) is 14.4 Å². The summed E-state index contributed by atoms with van der Waals surface area (Å²) in [6.07, 6.45) is 9.97. The molecule has 0 aromatic heterocycles. The molecule has 0 aliphatic rings. The number of carbonyl (C=O) groups is 3. The molecular formula is C20H44N6O3+2. The zero-order valence-electron chi connectivity index (χ0n) is 18.1. The summed E-state index contributed by atoms with van der Waals surface area (Å²) >= 11 is 0. The third-order valence-electron chi connectivity index (χ3n) is 4.90. The van der Waals surface area contributed by atoms with E-state index in [0.717, 1.165) is 70.9 Å². The highest BCUT2D eigenvalue weighted by Gasteiger charge is 2.17. The monoisotopic (exact) mass is 416 g/mol. The molecule has 0 aliphatic carbocycles. The molecule has 0 saturated carbocycles. The van der Waals surface area contributed by atoms with Crippen LogP contribution in [0.1, 0.15) is 77.0 Å². The van der Waals surface area contributed by atoms with E-state index < -0.39 is 18.0 Å². The fraction of sp³-hybridized carbons (Fsp3) is 0.850. The van der Waals surface area contributed by atoms with E-state index in [1.807, 2.05) is 0 Å². The first-order valence-corrected chi connectivity index (χ1v) is 11.1. The number of nitrogens with one attached hydrogen (secondary N) is 2. The van der Waals surface area contributed by atoms with Crippen molar-refractivity contribution in [2.24, 2.45) is 11.5 Å². The van der Waals surface area contributed by atoms with E-state index in [1.54, 1.807) is 0 Å². The van der Waals surface area contributed by atoms with Gasteiger partial charge in [0, 0.05) is 13.0 Å². The van der Waals surface area contributed by atoms with Crippen molar-refractivity contribution < 1.29 is 25.9 Å². The van der Waals surface area contributed by atoms with Gasteiger partial charge in [-0.1, -0.05) is 19.3 Å². The number of amides is 3. The molecular weight excluding hydrogens is 372 g/mol. The molecule has 0 spiro atoms. The van der Waals surface area contributed by atoms with E-state index in [0.29, 0.717) is 25.8 Å². The van der Waals surface area contributed by atoms with Crippen molar-refractivity contribution in [1.82, 2.24) is 10.6 Å². The molecule has 0 aromatic carbocycles. The molecule has 12 N–H and O–H groups in total. The lowest BCUT2D eigenvalue weighted by Gasteiger charge is -2.15. The van der Waals surface area contributed by atoms with Crippen molar-refractivity contribution in [3.63, 3.8) is 0 Å². The number of hydrogen-bond acceptors (Lipinski definition) is 4. The Morgan fingerprint density at radius 1 is 0.793 bits per heavy atom. The highest BCUT2D eigenvalue weighted by Crippen LogP contribution is 2.06. The minimum absolute atomic E-state index is 0.0788. The fourth-order valence-corrected chi connectivity index (χ4v) is 3.03. The lowest BCUT2D eigenvalue weighted by Crippen LogP contribution is -2.50. The maximum Gasteiger partial charge on any atom is 0.239 e. The van der Waals surface area contributed by atoms with Crippen molar-refractivity contribution in [3.05, 3.63) is 0 Å². The van der Waals surface area contributed by atoms with E-state index in [2.05, 4.69) is 22.1 Å². The Hall–Kier alpha value is -1.71. The Balaban J connectivity index is 3.69.